The topological polar surface area (TPSA) is 41.9 Å². The number of benzene rings is 1. The van der Waals surface area contributed by atoms with Crippen LogP contribution >= 0.6 is 0 Å². The minimum absolute atomic E-state index is 0.0861. The maximum atomic E-state index is 10.5. The van der Waals surface area contributed by atoms with Crippen molar-refractivity contribution in [3.63, 3.8) is 0 Å². The van der Waals surface area contributed by atoms with Crippen LogP contribution in [-0.4, -0.2) is 34.8 Å². The van der Waals surface area contributed by atoms with E-state index in [0.717, 1.165) is 5.56 Å². The second kappa shape index (κ2) is 6.22. The Bertz CT molecular complexity index is 419. The fraction of sp³-hybridized carbons (Fsp3) is 0.625. The highest BCUT2D eigenvalue weighted by Gasteiger charge is 2.40. The fourth-order valence-corrected chi connectivity index (χ4v) is 2.72. The summed E-state index contributed by atoms with van der Waals surface area (Å²) in [4.78, 5) is 0. The molecule has 0 aliphatic carbocycles. The van der Waals surface area contributed by atoms with Crippen LogP contribution in [0.2, 0.25) is 0 Å². The van der Waals surface area contributed by atoms with Crippen molar-refractivity contribution in [2.24, 2.45) is 5.92 Å². The Morgan fingerprint density at radius 1 is 1.30 bits per heavy atom. The van der Waals surface area contributed by atoms with Gasteiger partial charge < -0.3 is 14.7 Å². The number of hydrogen-bond acceptors (Lipinski definition) is 4. The highest BCUT2D eigenvalue weighted by Crippen LogP contribution is 2.29. The van der Waals surface area contributed by atoms with Gasteiger partial charge in [-0.25, -0.2) is 0 Å². The van der Waals surface area contributed by atoms with Crippen molar-refractivity contribution in [1.29, 1.82) is 0 Å². The average Bonchev–Trinajstić information content (AvgIpc) is 2.70. The Balaban J connectivity index is 2.05. The molecule has 2 atom stereocenters. The van der Waals surface area contributed by atoms with Gasteiger partial charge in [0, 0.05) is 6.54 Å². The van der Waals surface area contributed by atoms with E-state index in [-0.39, 0.29) is 18.1 Å². The Kier molecular flexibility index (Phi) is 4.81. The lowest BCUT2D eigenvalue weighted by molar-refractivity contribution is -0.197. The lowest BCUT2D eigenvalue weighted by atomic mass is 9.98. The van der Waals surface area contributed by atoms with Gasteiger partial charge in [-0.2, -0.15) is 5.06 Å². The summed E-state index contributed by atoms with van der Waals surface area (Å²) in [6.45, 7) is 9.00. The molecule has 0 radical (unpaired) electrons. The number of rotatable bonds is 5. The molecule has 0 amide bonds. The van der Waals surface area contributed by atoms with Gasteiger partial charge in [0.25, 0.3) is 0 Å². The van der Waals surface area contributed by atoms with Gasteiger partial charge in [-0.1, -0.05) is 44.2 Å². The maximum Gasteiger partial charge on any atom is 0.163 e. The molecule has 0 spiro atoms. The van der Waals surface area contributed by atoms with Crippen LogP contribution < -0.4 is 0 Å². The van der Waals surface area contributed by atoms with E-state index in [1.165, 1.54) is 5.06 Å². The quantitative estimate of drug-likeness (QED) is 0.841. The third kappa shape index (κ3) is 3.79. The molecule has 1 aliphatic rings. The van der Waals surface area contributed by atoms with E-state index in [2.05, 4.69) is 13.8 Å². The molecule has 1 fully saturated rings. The van der Waals surface area contributed by atoms with E-state index in [4.69, 9.17) is 9.47 Å². The molecule has 4 heteroatoms. The van der Waals surface area contributed by atoms with Crippen LogP contribution in [0, 0.1) is 5.92 Å². The summed E-state index contributed by atoms with van der Waals surface area (Å²) in [7, 11) is 0. The first-order valence-electron chi connectivity index (χ1n) is 7.20. The Morgan fingerprint density at radius 3 is 2.45 bits per heavy atom. The minimum atomic E-state index is -0.564. The molecule has 1 aromatic rings. The zero-order valence-electron chi connectivity index (χ0n) is 12.7. The summed E-state index contributed by atoms with van der Waals surface area (Å²) in [5, 5.41) is 11.8. The van der Waals surface area contributed by atoms with Gasteiger partial charge in [-0.05, 0) is 25.3 Å². The van der Waals surface area contributed by atoms with Crippen molar-refractivity contribution in [1.82, 2.24) is 5.06 Å². The van der Waals surface area contributed by atoms with Crippen molar-refractivity contribution >= 4 is 0 Å². The molecule has 0 bridgehead atoms. The second-order valence-corrected chi connectivity index (χ2v) is 6.18. The average molecular weight is 279 g/mol. The van der Waals surface area contributed by atoms with Gasteiger partial charge in [-0.15, -0.1) is 0 Å². The van der Waals surface area contributed by atoms with E-state index in [1.807, 2.05) is 44.2 Å². The van der Waals surface area contributed by atoms with Gasteiger partial charge in [0.15, 0.2) is 5.79 Å². The summed E-state index contributed by atoms with van der Waals surface area (Å²) in [5.41, 5.74) is 1.08. The molecule has 1 heterocycles. The number of hydrogen-bond donors (Lipinski definition) is 1. The van der Waals surface area contributed by atoms with Crippen molar-refractivity contribution in [2.45, 2.75) is 52.2 Å². The van der Waals surface area contributed by atoms with E-state index in [0.29, 0.717) is 13.2 Å². The van der Waals surface area contributed by atoms with Gasteiger partial charge >= 0.3 is 0 Å². The van der Waals surface area contributed by atoms with Crippen molar-refractivity contribution in [3.05, 3.63) is 35.9 Å². The van der Waals surface area contributed by atoms with Crippen molar-refractivity contribution in [3.8, 4) is 0 Å². The monoisotopic (exact) mass is 279 g/mol. The van der Waals surface area contributed by atoms with Crippen LogP contribution in [0.3, 0.4) is 0 Å². The fourth-order valence-electron chi connectivity index (χ4n) is 2.72. The van der Waals surface area contributed by atoms with E-state index >= 15 is 0 Å². The Hall–Kier alpha value is -0.940. The smallest absolute Gasteiger partial charge is 0.163 e. The predicted octanol–water partition coefficient (Wildman–Crippen LogP) is 3.05. The summed E-state index contributed by atoms with van der Waals surface area (Å²) >= 11 is 0. The lowest BCUT2D eigenvalue weighted by Gasteiger charge is -2.33. The van der Waals surface area contributed by atoms with Crippen LogP contribution in [0.1, 0.15) is 33.3 Å². The van der Waals surface area contributed by atoms with Gasteiger partial charge in [0.1, 0.15) is 6.10 Å². The molecule has 1 aliphatic heterocycles. The third-order valence-corrected chi connectivity index (χ3v) is 3.63. The molecule has 4 nitrogen and oxygen atoms in total. The molecule has 2 rings (SSSR count). The molecule has 0 saturated carbocycles. The van der Waals surface area contributed by atoms with E-state index < -0.39 is 5.79 Å². The highest BCUT2D eigenvalue weighted by atomic mass is 16.7. The molecule has 1 N–H and O–H groups in total. The first-order chi connectivity index (χ1) is 9.39. The molecule has 1 aromatic carbocycles. The number of ether oxygens (including phenoxy) is 2. The zero-order valence-corrected chi connectivity index (χ0v) is 12.7. The van der Waals surface area contributed by atoms with Crippen LogP contribution in [0.15, 0.2) is 30.3 Å². The standard InChI is InChI=1S/C16H25NO3/c1-12(2)15(14-11-19-16(3,4)20-14)17(18)10-13-8-6-5-7-9-13/h5-9,12,14-15,18H,10-11H2,1-4H3/t14-,15+/m1/s1. The molecule has 20 heavy (non-hydrogen) atoms. The van der Waals surface area contributed by atoms with Crippen LogP contribution in [-0.2, 0) is 16.0 Å². The lowest BCUT2D eigenvalue weighted by Crippen LogP contribution is -2.46. The second-order valence-electron chi connectivity index (χ2n) is 6.18. The molecule has 1 saturated heterocycles. The summed E-state index contributed by atoms with van der Waals surface area (Å²) in [6, 6.07) is 9.86. The van der Waals surface area contributed by atoms with Crippen LogP contribution in [0.4, 0.5) is 0 Å². The summed E-state index contributed by atoms with van der Waals surface area (Å²) < 4.78 is 11.5. The van der Waals surface area contributed by atoms with Crippen LogP contribution in [0.25, 0.3) is 0 Å². The Labute approximate surface area is 121 Å². The SMILES string of the molecule is CC(C)[C@@H]([C@H]1COC(C)(C)O1)N(O)Cc1ccccc1. The van der Waals surface area contributed by atoms with Crippen LogP contribution in [0.5, 0.6) is 0 Å². The predicted molar refractivity (Wildman–Crippen MR) is 77.3 cm³/mol. The maximum absolute atomic E-state index is 10.5. The molecule has 0 unspecified atom stereocenters. The van der Waals surface area contributed by atoms with Gasteiger partial charge in [-0.3, -0.25) is 0 Å². The molecular weight excluding hydrogens is 254 g/mol. The molecule has 112 valence electrons. The molecule has 0 aromatic heterocycles. The summed E-state index contributed by atoms with van der Waals surface area (Å²) in [5.74, 6) is -0.294. The molecular formula is C16H25NO3. The van der Waals surface area contributed by atoms with Gasteiger partial charge in [0.05, 0.1) is 12.6 Å². The largest absolute Gasteiger partial charge is 0.348 e. The number of hydroxylamine groups is 2. The van der Waals surface area contributed by atoms with E-state index in [1.54, 1.807) is 0 Å². The third-order valence-electron chi connectivity index (χ3n) is 3.63. The van der Waals surface area contributed by atoms with Crippen molar-refractivity contribution in [2.75, 3.05) is 6.61 Å². The number of nitrogens with zero attached hydrogens (tertiary/aromatic N) is 1. The van der Waals surface area contributed by atoms with Crippen molar-refractivity contribution < 1.29 is 14.7 Å². The van der Waals surface area contributed by atoms with E-state index in [9.17, 15) is 5.21 Å². The zero-order chi connectivity index (χ0) is 14.8. The normalized spacial score (nSPS) is 23.4. The first kappa shape index (κ1) is 15.4. The van der Waals surface area contributed by atoms with Gasteiger partial charge in [0.2, 0.25) is 0 Å². The highest BCUT2D eigenvalue weighted by molar-refractivity contribution is 5.14. The minimum Gasteiger partial charge on any atom is -0.348 e. The Morgan fingerprint density at radius 2 is 1.95 bits per heavy atom. The first-order valence-corrected chi connectivity index (χ1v) is 7.20. The summed E-state index contributed by atoms with van der Waals surface area (Å²) in [6.07, 6.45) is -0.112.